The zero-order valence-corrected chi connectivity index (χ0v) is 11.4. The fourth-order valence-electron chi connectivity index (χ4n) is 2.20. The van der Waals surface area contributed by atoms with Crippen LogP contribution in [0.25, 0.3) is 0 Å². The summed E-state index contributed by atoms with van der Waals surface area (Å²) in [6.45, 7) is 7.19. The molecule has 4 heteroatoms. The summed E-state index contributed by atoms with van der Waals surface area (Å²) in [5.74, 6) is 1.66. The maximum absolute atomic E-state index is 6.03. The Balaban J connectivity index is 2.05. The Morgan fingerprint density at radius 3 is 2.94 bits per heavy atom. The zero-order chi connectivity index (χ0) is 13.2. The van der Waals surface area contributed by atoms with Crippen LogP contribution in [-0.4, -0.2) is 23.7 Å². The molecule has 0 radical (unpaired) electrons. The Kier molecular flexibility index (Phi) is 3.76. The fourth-order valence-corrected chi connectivity index (χ4v) is 2.20. The van der Waals surface area contributed by atoms with Crippen LogP contribution in [0.2, 0.25) is 0 Å². The van der Waals surface area contributed by atoms with Crippen LogP contribution in [0, 0.1) is 5.41 Å². The molecular formula is C14H23N3O. The standard InChI is InChI=1S/C14H23N3O/c1-4-8-18-10-6-5-7-16-13(10)17-12-9-11(15)14(12,2)3/h5-7,11-12H,4,8-9,15H2,1-3H3,(H,16,17). The summed E-state index contributed by atoms with van der Waals surface area (Å²) >= 11 is 0. The Hall–Kier alpha value is -1.29. The minimum absolute atomic E-state index is 0.111. The highest BCUT2D eigenvalue weighted by atomic mass is 16.5. The molecule has 3 N–H and O–H groups in total. The third-order valence-electron chi connectivity index (χ3n) is 3.89. The number of nitrogens with one attached hydrogen (secondary N) is 1. The topological polar surface area (TPSA) is 60.2 Å². The second kappa shape index (κ2) is 5.14. The molecule has 1 aliphatic rings. The second-order valence-electron chi connectivity index (χ2n) is 5.56. The zero-order valence-electron chi connectivity index (χ0n) is 11.4. The number of pyridine rings is 1. The number of anilines is 1. The molecule has 18 heavy (non-hydrogen) atoms. The molecule has 1 aromatic rings. The summed E-state index contributed by atoms with van der Waals surface area (Å²) in [6.07, 6.45) is 3.76. The van der Waals surface area contributed by atoms with Gasteiger partial charge in [-0.2, -0.15) is 0 Å². The van der Waals surface area contributed by atoms with Gasteiger partial charge in [-0.15, -0.1) is 0 Å². The molecule has 0 aliphatic heterocycles. The quantitative estimate of drug-likeness (QED) is 0.841. The van der Waals surface area contributed by atoms with Gasteiger partial charge in [0.2, 0.25) is 0 Å². The van der Waals surface area contributed by atoms with Crippen LogP contribution in [0.1, 0.15) is 33.6 Å². The van der Waals surface area contributed by atoms with Gasteiger partial charge in [-0.1, -0.05) is 20.8 Å². The molecular weight excluding hydrogens is 226 g/mol. The Morgan fingerprint density at radius 2 is 2.33 bits per heavy atom. The number of nitrogens with two attached hydrogens (primary N) is 1. The summed E-state index contributed by atoms with van der Waals surface area (Å²) in [5, 5.41) is 3.46. The first-order valence-corrected chi connectivity index (χ1v) is 6.65. The third-order valence-corrected chi connectivity index (χ3v) is 3.89. The van der Waals surface area contributed by atoms with Gasteiger partial charge >= 0.3 is 0 Å². The summed E-state index contributed by atoms with van der Waals surface area (Å²) in [7, 11) is 0. The van der Waals surface area contributed by atoms with Crippen molar-refractivity contribution in [3.63, 3.8) is 0 Å². The number of aromatic nitrogens is 1. The van der Waals surface area contributed by atoms with E-state index in [9.17, 15) is 0 Å². The first kappa shape index (κ1) is 13.1. The fraction of sp³-hybridized carbons (Fsp3) is 0.643. The van der Waals surface area contributed by atoms with E-state index in [1.165, 1.54) is 0 Å². The van der Waals surface area contributed by atoms with Gasteiger partial charge in [0.25, 0.3) is 0 Å². The predicted octanol–water partition coefficient (Wildman–Crippen LogP) is 2.41. The van der Waals surface area contributed by atoms with Crippen LogP contribution in [0.4, 0.5) is 5.82 Å². The van der Waals surface area contributed by atoms with E-state index in [2.05, 4.69) is 31.1 Å². The molecule has 0 spiro atoms. The van der Waals surface area contributed by atoms with Crippen molar-refractivity contribution in [2.24, 2.45) is 11.1 Å². The number of nitrogens with zero attached hydrogens (tertiary/aromatic N) is 1. The number of rotatable bonds is 5. The smallest absolute Gasteiger partial charge is 0.168 e. The van der Waals surface area contributed by atoms with Gasteiger partial charge in [0.1, 0.15) is 0 Å². The molecule has 1 aliphatic carbocycles. The van der Waals surface area contributed by atoms with Gasteiger partial charge in [0.15, 0.2) is 11.6 Å². The summed E-state index contributed by atoms with van der Waals surface area (Å²) in [6, 6.07) is 4.48. The molecule has 1 saturated carbocycles. The molecule has 2 rings (SSSR count). The molecule has 0 bridgehead atoms. The molecule has 1 heterocycles. The SMILES string of the molecule is CCCOc1cccnc1NC1CC(N)C1(C)C. The van der Waals surface area contributed by atoms with Crippen molar-refractivity contribution in [1.29, 1.82) is 0 Å². The molecule has 1 fully saturated rings. The number of hydrogen-bond acceptors (Lipinski definition) is 4. The van der Waals surface area contributed by atoms with Gasteiger partial charge < -0.3 is 15.8 Å². The molecule has 2 atom stereocenters. The summed E-state index contributed by atoms with van der Waals surface area (Å²) in [5.41, 5.74) is 6.14. The molecule has 4 nitrogen and oxygen atoms in total. The van der Waals surface area contributed by atoms with Crippen LogP contribution in [0.3, 0.4) is 0 Å². The largest absolute Gasteiger partial charge is 0.490 e. The number of ether oxygens (including phenoxy) is 1. The number of hydrogen-bond donors (Lipinski definition) is 2. The van der Waals surface area contributed by atoms with Gasteiger partial charge in [-0.3, -0.25) is 0 Å². The lowest BCUT2D eigenvalue weighted by Crippen LogP contribution is -2.61. The first-order valence-electron chi connectivity index (χ1n) is 6.65. The monoisotopic (exact) mass is 249 g/mol. The average Bonchev–Trinajstić information content (AvgIpc) is 2.37. The molecule has 0 aromatic carbocycles. The molecule has 0 amide bonds. The van der Waals surface area contributed by atoms with E-state index < -0.39 is 0 Å². The van der Waals surface area contributed by atoms with Crippen molar-refractivity contribution in [2.45, 2.75) is 45.7 Å². The van der Waals surface area contributed by atoms with Gasteiger partial charge in [-0.25, -0.2) is 4.98 Å². The molecule has 0 saturated heterocycles. The van der Waals surface area contributed by atoms with E-state index >= 15 is 0 Å². The predicted molar refractivity (Wildman–Crippen MR) is 73.8 cm³/mol. The summed E-state index contributed by atoms with van der Waals surface area (Å²) in [4.78, 5) is 4.37. The van der Waals surface area contributed by atoms with Gasteiger partial charge in [0.05, 0.1) is 6.61 Å². The highest BCUT2D eigenvalue weighted by Crippen LogP contribution is 2.41. The lowest BCUT2D eigenvalue weighted by Gasteiger charge is -2.50. The highest BCUT2D eigenvalue weighted by Gasteiger charge is 2.46. The van der Waals surface area contributed by atoms with Crippen molar-refractivity contribution < 1.29 is 4.74 Å². The van der Waals surface area contributed by atoms with Crippen molar-refractivity contribution in [3.05, 3.63) is 18.3 Å². The van der Waals surface area contributed by atoms with Gasteiger partial charge in [-0.05, 0) is 25.0 Å². The maximum atomic E-state index is 6.03. The van der Waals surface area contributed by atoms with E-state index in [0.717, 1.165) is 24.4 Å². The van der Waals surface area contributed by atoms with E-state index in [1.54, 1.807) is 6.20 Å². The van der Waals surface area contributed by atoms with E-state index in [4.69, 9.17) is 10.5 Å². The Morgan fingerprint density at radius 1 is 1.56 bits per heavy atom. The van der Waals surface area contributed by atoms with Crippen LogP contribution >= 0.6 is 0 Å². The van der Waals surface area contributed by atoms with Crippen LogP contribution < -0.4 is 15.8 Å². The van der Waals surface area contributed by atoms with Crippen LogP contribution in [-0.2, 0) is 0 Å². The lowest BCUT2D eigenvalue weighted by molar-refractivity contribution is 0.116. The third kappa shape index (κ3) is 2.43. The minimum Gasteiger partial charge on any atom is -0.490 e. The second-order valence-corrected chi connectivity index (χ2v) is 5.56. The first-order chi connectivity index (χ1) is 8.55. The van der Waals surface area contributed by atoms with E-state index in [1.807, 2.05) is 12.1 Å². The lowest BCUT2D eigenvalue weighted by atomic mass is 9.63. The molecule has 2 unspecified atom stereocenters. The van der Waals surface area contributed by atoms with Crippen LogP contribution in [0.5, 0.6) is 5.75 Å². The average molecular weight is 249 g/mol. The maximum Gasteiger partial charge on any atom is 0.168 e. The normalized spacial score (nSPS) is 25.3. The Labute approximate surface area is 109 Å². The van der Waals surface area contributed by atoms with Crippen molar-refractivity contribution in [3.8, 4) is 5.75 Å². The Bertz CT molecular complexity index is 406. The van der Waals surface area contributed by atoms with E-state index in [0.29, 0.717) is 12.6 Å². The highest BCUT2D eigenvalue weighted by molar-refractivity contribution is 5.51. The van der Waals surface area contributed by atoms with Crippen molar-refractivity contribution >= 4 is 5.82 Å². The molecule has 100 valence electrons. The van der Waals surface area contributed by atoms with Crippen LogP contribution in [0.15, 0.2) is 18.3 Å². The van der Waals surface area contributed by atoms with Gasteiger partial charge in [0, 0.05) is 23.7 Å². The van der Waals surface area contributed by atoms with E-state index in [-0.39, 0.29) is 11.5 Å². The van der Waals surface area contributed by atoms with Crippen molar-refractivity contribution in [2.75, 3.05) is 11.9 Å². The van der Waals surface area contributed by atoms with Crippen molar-refractivity contribution in [1.82, 2.24) is 4.98 Å². The minimum atomic E-state index is 0.111. The molecule has 1 aromatic heterocycles. The summed E-state index contributed by atoms with van der Waals surface area (Å²) < 4.78 is 5.69.